The summed E-state index contributed by atoms with van der Waals surface area (Å²) in [6.45, 7) is 0. The van der Waals surface area contributed by atoms with E-state index in [1.807, 2.05) is 0 Å². The fourth-order valence-electron chi connectivity index (χ4n) is 1.37. The number of hydrogen-bond donors (Lipinski definition) is 2. The molecule has 1 aromatic carbocycles. The number of carbonyl (C=O) groups excluding carboxylic acids is 1. The van der Waals surface area contributed by atoms with Crippen LogP contribution in [0.15, 0.2) is 23.1 Å². The molecule has 2 rings (SSSR count). The van der Waals surface area contributed by atoms with Crippen LogP contribution >= 0.6 is 11.8 Å². The topological polar surface area (TPSA) is 83.6 Å². The molecule has 0 atom stereocenters. The van der Waals surface area contributed by atoms with E-state index in [9.17, 15) is 9.59 Å². The van der Waals surface area contributed by atoms with Crippen molar-refractivity contribution >= 4 is 29.4 Å². The number of urea groups is 1. The maximum absolute atomic E-state index is 11.0. The molecule has 0 unspecified atom stereocenters. The van der Waals surface area contributed by atoms with Gasteiger partial charge in [0.15, 0.2) is 0 Å². The van der Waals surface area contributed by atoms with Gasteiger partial charge in [-0.1, -0.05) is 0 Å². The predicted molar refractivity (Wildman–Crippen MR) is 56.2 cm³/mol. The molecule has 15 heavy (non-hydrogen) atoms. The van der Waals surface area contributed by atoms with Gasteiger partial charge in [-0.15, -0.1) is 11.8 Å². The van der Waals surface area contributed by atoms with Crippen molar-refractivity contribution < 1.29 is 14.7 Å². The molecule has 0 radical (unpaired) electrons. The van der Waals surface area contributed by atoms with E-state index in [-0.39, 0.29) is 5.56 Å². The van der Waals surface area contributed by atoms with Crippen LogP contribution in [0, 0.1) is 0 Å². The first-order valence-electron chi connectivity index (χ1n) is 4.16. The monoisotopic (exact) mass is 224 g/mol. The third kappa shape index (κ3) is 1.63. The average molecular weight is 224 g/mol. The normalized spacial score (nSPS) is 13.7. The molecule has 0 aliphatic carbocycles. The first-order valence-corrected chi connectivity index (χ1v) is 5.15. The number of anilines is 1. The summed E-state index contributed by atoms with van der Waals surface area (Å²) in [5.74, 6) is -0.538. The molecule has 0 fully saturated rings. The number of amides is 2. The lowest BCUT2D eigenvalue weighted by molar-refractivity contribution is 0.0696. The zero-order valence-corrected chi connectivity index (χ0v) is 8.45. The minimum absolute atomic E-state index is 0.215. The number of hydrogen-bond acceptors (Lipinski definition) is 3. The van der Waals surface area contributed by atoms with Crippen molar-refractivity contribution in [1.82, 2.24) is 0 Å². The van der Waals surface area contributed by atoms with Gasteiger partial charge in [-0.3, -0.25) is 4.90 Å². The van der Waals surface area contributed by atoms with Gasteiger partial charge in [0.05, 0.1) is 17.1 Å². The van der Waals surface area contributed by atoms with E-state index in [2.05, 4.69) is 0 Å². The Balaban J connectivity index is 2.42. The molecule has 5 nitrogen and oxygen atoms in total. The highest BCUT2D eigenvalue weighted by Gasteiger charge is 2.24. The molecule has 0 saturated carbocycles. The number of carbonyl (C=O) groups is 2. The summed E-state index contributed by atoms with van der Waals surface area (Å²) in [5.41, 5.74) is 6.06. The predicted octanol–water partition coefficient (Wildman–Crippen LogP) is 1.33. The summed E-state index contributed by atoms with van der Waals surface area (Å²) in [7, 11) is 0. The molecule has 2 amide bonds. The van der Waals surface area contributed by atoms with Crippen LogP contribution in [0.4, 0.5) is 10.5 Å². The minimum atomic E-state index is -0.976. The van der Waals surface area contributed by atoms with Crippen molar-refractivity contribution in [3.05, 3.63) is 23.8 Å². The summed E-state index contributed by atoms with van der Waals surface area (Å²) in [6.07, 6.45) is 0. The molecule has 0 bridgehead atoms. The second kappa shape index (κ2) is 3.47. The molecule has 1 aromatic rings. The Bertz CT molecular complexity index is 447. The summed E-state index contributed by atoms with van der Waals surface area (Å²) in [5, 5.41) is 8.78. The van der Waals surface area contributed by atoms with Gasteiger partial charge in [0, 0.05) is 4.90 Å². The van der Waals surface area contributed by atoms with Crippen molar-refractivity contribution in [1.29, 1.82) is 0 Å². The van der Waals surface area contributed by atoms with Crippen LogP contribution < -0.4 is 10.6 Å². The quantitative estimate of drug-likeness (QED) is 0.753. The SMILES string of the molecule is NC(=O)N1CSc2cc(C(=O)O)ccc21. The number of primary amides is 1. The van der Waals surface area contributed by atoms with Crippen LogP contribution in [0.1, 0.15) is 10.4 Å². The summed E-state index contributed by atoms with van der Waals surface area (Å²) in [4.78, 5) is 23.9. The Labute approximate surface area is 89.9 Å². The number of carboxylic acid groups (broad SMARTS) is 1. The molecule has 1 aliphatic rings. The maximum Gasteiger partial charge on any atom is 0.335 e. The first-order chi connectivity index (χ1) is 7.09. The highest BCUT2D eigenvalue weighted by molar-refractivity contribution is 8.00. The van der Waals surface area contributed by atoms with Crippen LogP contribution in [-0.4, -0.2) is 23.0 Å². The number of carboxylic acids is 1. The molecule has 0 spiro atoms. The number of nitrogens with two attached hydrogens (primary N) is 1. The number of fused-ring (bicyclic) bond motifs is 1. The minimum Gasteiger partial charge on any atom is -0.478 e. The van der Waals surface area contributed by atoms with E-state index in [0.717, 1.165) is 4.90 Å². The molecule has 1 aliphatic heterocycles. The van der Waals surface area contributed by atoms with Crippen LogP contribution in [-0.2, 0) is 0 Å². The third-order valence-electron chi connectivity index (χ3n) is 2.11. The number of benzene rings is 1. The van der Waals surface area contributed by atoms with E-state index >= 15 is 0 Å². The Morgan fingerprint density at radius 3 is 2.80 bits per heavy atom. The molecule has 78 valence electrons. The van der Waals surface area contributed by atoms with Crippen molar-refractivity contribution in [2.24, 2.45) is 5.73 Å². The molecule has 1 heterocycles. The lowest BCUT2D eigenvalue weighted by atomic mass is 10.2. The van der Waals surface area contributed by atoms with E-state index in [1.54, 1.807) is 12.1 Å². The van der Waals surface area contributed by atoms with Gasteiger partial charge in [-0.2, -0.15) is 0 Å². The van der Waals surface area contributed by atoms with Gasteiger partial charge in [0.25, 0.3) is 0 Å². The lowest BCUT2D eigenvalue weighted by Gasteiger charge is -2.12. The number of aromatic carboxylic acids is 1. The second-order valence-electron chi connectivity index (χ2n) is 3.03. The molecular weight excluding hydrogens is 216 g/mol. The zero-order valence-electron chi connectivity index (χ0n) is 7.64. The van der Waals surface area contributed by atoms with Crippen LogP contribution in [0.2, 0.25) is 0 Å². The Kier molecular flexibility index (Phi) is 2.28. The largest absolute Gasteiger partial charge is 0.478 e. The molecule has 0 saturated heterocycles. The van der Waals surface area contributed by atoms with E-state index < -0.39 is 12.0 Å². The fraction of sp³-hybridized carbons (Fsp3) is 0.111. The summed E-state index contributed by atoms with van der Waals surface area (Å²) >= 11 is 1.40. The Morgan fingerprint density at radius 1 is 1.47 bits per heavy atom. The van der Waals surface area contributed by atoms with Crippen molar-refractivity contribution in [2.75, 3.05) is 10.8 Å². The first kappa shape index (κ1) is 9.85. The highest BCUT2D eigenvalue weighted by Crippen LogP contribution is 2.38. The lowest BCUT2D eigenvalue weighted by Crippen LogP contribution is -2.33. The summed E-state index contributed by atoms with van der Waals surface area (Å²) in [6, 6.07) is 4.09. The number of rotatable bonds is 1. The summed E-state index contributed by atoms with van der Waals surface area (Å²) < 4.78 is 0. The fourth-order valence-corrected chi connectivity index (χ4v) is 2.44. The van der Waals surface area contributed by atoms with Gasteiger partial charge in [-0.25, -0.2) is 9.59 Å². The Morgan fingerprint density at radius 2 is 2.20 bits per heavy atom. The maximum atomic E-state index is 11.0. The number of nitrogens with zero attached hydrogens (tertiary/aromatic N) is 1. The standard InChI is InChI=1S/C9H8N2O3S/c10-9(14)11-4-15-7-3-5(8(12)13)1-2-6(7)11/h1-3H,4H2,(H2,10,14)(H,12,13). The molecule has 0 aromatic heterocycles. The van der Waals surface area contributed by atoms with E-state index in [4.69, 9.17) is 10.8 Å². The van der Waals surface area contributed by atoms with Gasteiger partial charge in [0.2, 0.25) is 0 Å². The van der Waals surface area contributed by atoms with Gasteiger partial charge < -0.3 is 10.8 Å². The van der Waals surface area contributed by atoms with Gasteiger partial charge in [-0.05, 0) is 18.2 Å². The average Bonchev–Trinajstić information content (AvgIpc) is 2.59. The number of thioether (sulfide) groups is 1. The van der Waals surface area contributed by atoms with Crippen molar-refractivity contribution in [2.45, 2.75) is 4.90 Å². The van der Waals surface area contributed by atoms with Crippen molar-refractivity contribution in [3.8, 4) is 0 Å². The molecular formula is C9H8N2O3S. The van der Waals surface area contributed by atoms with Gasteiger partial charge in [0.1, 0.15) is 0 Å². The van der Waals surface area contributed by atoms with Crippen molar-refractivity contribution in [3.63, 3.8) is 0 Å². The zero-order chi connectivity index (χ0) is 11.0. The van der Waals surface area contributed by atoms with E-state index in [0.29, 0.717) is 11.6 Å². The molecule has 6 heteroatoms. The van der Waals surface area contributed by atoms with Crippen LogP contribution in [0.5, 0.6) is 0 Å². The van der Waals surface area contributed by atoms with Gasteiger partial charge >= 0.3 is 12.0 Å². The Hall–Kier alpha value is -1.69. The second-order valence-corrected chi connectivity index (χ2v) is 4.01. The van der Waals surface area contributed by atoms with Crippen LogP contribution in [0.25, 0.3) is 0 Å². The smallest absolute Gasteiger partial charge is 0.335 e. The van der Waals surface area contributed by atoms with Crippen LogP contribution in [0.3, 0.4) is 0 Å². The molecule has 3 N–H and O–H groups in total. The van der Waals surface area contributed by atoms with E-state index in [1.165, 1.54) is 22.7 Å². The third-order valence-corrected chi connectivity index (χ3v) is 3.14. The highest BCUT2D eigenvalue weighted by atomic mass is 32.2.